The second-order valence-corrected chi connectivity index (χ2v) is 4.59. The zero-order chi connectivity index (χ0) is 13.0. The van der Waals surface area contributed by atoms with Crippen molar-refractivity contribution < 1.29 is 9.13 Å². The van der Waals surface area contributed by atoms with Crippen LogP contribution in [0.2, 0.25) is 0 Å². The minimum Gasteiger partial charge on any atom is -0.481 e. The van der Waals surface area contributed by atoms with Crippen molar-refractivity contribution in [2.24, 2.45) is 0 Å². The standard InChI is InChI=1S/C13H12BrFN2O/c1-18-13-5-3-11(8-17-13)16-7-9-6-10(14)2-4-12(9)15/h2-6,8,16H,7H2,1H3. The third-order valence-corrected chi connectivity index (χ3v) is 2.93. The van der Waals surface area contributed by atoms with Gasteiger partial charge < -0.3 is 10.1 Å². The lowest BCUT2D eigenvalue weighted by molar-refractivity contribution is 0.398. The largest absolute Gasteiger partial charge is 0.481 e. The van der Waals surface area contributed by atoms with Gasteiger partial charge in [0, 0.05) is 22.6 Å². The molecule has 1 aromatic heterocycles. The zero-order valence-electron chi connectivity index (χ0n) is 9.78. The number of benzene rings is 1. The number of nitrogens with one attached hydrogen (secondary N) is 1. The number of ether oxygens (including phenoxy) is 1. The lowest BCUT2D eigenvalue weighted by Gasteiger charge is -2.08. The molecule has 0 aliphatic heterocycles. The molecular weight excluding hydrogens is 299 g/mol. The number of aromatic nitrogens is 1. The molecule has 2 rings (SSSR count). The highest BCUT2D eigenvalue weighted by atomic mass is 79.9. The van der Waals surface area contributed by atoms with Gasteiger partial charge in [-0.1, -0.05) is 15.9 Å². The minimum atomic E-state index is -0.229. The van der Waals surface area contributed by atoms with E-state index in [4.69, 9.17) is 4.74 Å². The molecular formula is C13H12BrFN2O. The molecule has 0 spiro atoms. The van der Waals surface area contributed by atoms with Crippen molar-refractivity contribution in [3.8, 4) is 5.88 Å². The Labute approximate surface area is 113 Å². The lowest BCUT2D eigenvalue weighted by Crippen LogP contribution is -2.02. The van der Waals surface area contributed by atoms with Gasteiger partial charge in [-0.25, -0.2) is 9.37 Å². The van der Waals surface area contributed by atoms with Crippen LogP contribution in [0.25, 0.3) is 0 Å². The third kappa shape index (κ3) is 3.20. The lowest BCUT2D eigenvalue weighted by atomic mass is 10.2. The molecule has 0 bridgehead atoms. The summed E-state index contributed by atoms with van der Waals surface area (Å²) in [6.45, 7) is 0.402. The molecule has 1 aromatic carbocycles. The van der Waals surface area contributed by atoms with Gasteiger partial charge in [0.05, 0.1) is 19.0 Å². The minimum absolute atomic E-state index is 0.229. The van der Waals surface area contributed by atoms with Crippen molar-refractivity contribution in [1.29, 1.82) is 0 Å². The van der Waals surface area contributed by atoms with Crippen LogP contribution in [0, 0.1) is 5.82 Å². The summed E-state index contributed by atoms with van der Waals surface area (Å²) < 4.78 is 19.3. The summed E-state index contributed by atoms with van der Waals surface area (Å²) in [5.41, 5.74) is 1.41. The van der Waals surface area contributed by atoms with E-state index < -0.39 is 0 Å². The molecule has 2 aromatic rings. The molecule has 0 amide bonds. The first-order valence-corrected chi connectivity index (χ1v) is 6.16. The van der Waals surface area contributed by atoms with E-state index in [1.54, 1.807) is 31.5 Å². The van der Waals surface area contributed by atoms with Gasteiger partial charge in [-0.2, -0.15) is 0 Å². The van der Waals surface area contributed by atoms with Gasteiger partial charge in [0.15, 0.2) is 0 Å². The Kier molecular flexibility index (Phi) is 4.15. The summed E-state index contributed by atoms with van der Waals surface area (Å²) in [5.74, 6) is 0.321. The number of rotatable bonds is 4. The number of anilines is 1. The van der Waals surface area contributed by atoms with Crippen LogP contribution in [0.15, 0.2) is 41.0 Å². The number of methoxy groups -OCH3 is 1. The molecule has 5 heteroatoms. The highest BCUT2D eigenvalue weighted by molar-refractivity contribution is 9.10. The van der Waals surface area contributed by atoms with Crippen LogP contribution in [-0.4, -0.2) is 12.1 Å². The maximum absolute atomic E-state index is 13.5. The average molecular weight is 311 g/mol. The fourth-order valence-electron chi connectivity index (χ4n) is 1.48. The Bertz CT molecular complexity index is 531. The van der Waals surface area contributed by atoms with Crippen LogP contribution in [-0.2, 0) is 6.54 Å². The Morgan fingerprint density at radius 2 is 2.17 bits per heavy atom. The van der Waals surface area contributed by atoms with Crippen molar-refractivity contribution in [2.45, 2.75) is 6.54 Å². The molecule has 3 nitrogen and oxygen atoms in total. The molecule has 0 radical (unpaired) electrons. The van der Waals surface area contributed by atoms with Crippen molar-refractivity contribution in [1.82, 2.24) is 4.98 Å². The van der Waals surface area contributed by atoms with Crippen LogP contribution in [0.1, 0.15) is 5.56 Å². The van der Waals surface area contributed by atoms with Crippen LogP contribution >= 0.6 is 15.9 Å². The van der Waals surface area contributed by atoms with Crippen LogP contribution in [0.4, 0.5) is 10.1 Å². The molecule has 0 aliphatic carbocycles. The number of hydrogen-bond acceptors (Lipinski definition) is 3. The first-order valence-electron chi connectivity index (χ1n) is 5.37. The van der Waals surface area contributed by atoms with Gasteiger partial charge in [0.25, 0.3) is 0 Å². The summed E-state index contributed by atoms with van der Waals surface area (Å²) in [6.07, 6.45) is 1.65. The van der Waals surface area contributed by atoms with Gasteiger partial charge >= 0.3 is 0 Å². The Hall–Kier alpha value is -1.62. The summed E-state index contributed by atoms with van der Waals surface area (Å²) >= 11 is 3.32. The molecule has 0 aliphatic rings. The summed E-state index contributed by atoms with van der Waals surface area (Å²) in [5, 5.41) is 3.10. The van der Waals surface area contributed by atoms with E-state index in [1.165, 1.54) is 6.07 Å². The molecule has 0 unspecified atom stereocenters. The molecule has 94 valence electrons. The molecule has 0 saturated carbocycles. The predicted molar refractivity (Wildman–Crippen MR) is 72.2 cm³/mol. The number of pyridine rings is 1. The van der Waals surface area contributed by atoms with E-state index >= 15 is 0 Å². The predicted octanol–water partition coefficient (Wildman–Crippen LogP) is 3.60. The van der Waals surface area contributed by atoms with Crippen molar-refractivity contribution in [2.75, 3.05) is 12.4 Å². The maximum atomic E-state index is 13.5. The molecule has 18 heavy (non-hydrogen) atoms. The highest BCUT2D eigenvalue weighted by Crippen LogP contribution is 2.17. The van der Waals surface area contributed by atoms with Gasteiger partial charge in [-0.3, -0.25) is 0 Å². The molecule has 0 atom stereocenters. The maximum Gasteiger partial charge on any atom is 0.213 e. The van der Waals surface area contributed by atoms with Gasteiger partial charge in [-0.05, 0) is 24.3 Å². The average Bonchev–Trinajstić information content (AvgIpc) is 2.40. The third-order valence-electron chi connectivity index (χ3n) is 2.44. The molecule has 1 heterocycles. The first kappa shape index (κ1) is 12.8. The Morgan fingerprint density at radius 3 is 2.83 bits per heavy atom. The Balaban J connectivity index is 2.04. The van der Waals surface area contributed by atoms with Gasteiger partial charge in [0.1, 0.15) is 5.82 Å². The van der Waals surface area contributed by atoms with E-state index in [-0.39, 0.29) is 5.82 Å². The smallest absolute Gasteiger partial charge is 0.213 e. The molecule has 0 saturated heterocycles. The fraction of sp³-hybridized carbons (Fsp3) is 0.154. The first-order chi connectivity index (χ1) is 8.69. The summed E-state index contributed by atoms with van der Waals surface area (Å²) in [7, 11) is 1.56. The quantitative estimate of drug-likeness (QED) is 0.937. The van der Waals surface area contributed by atoms with Gasteiger partial charge in [-0.15, -0.1) is 0 Å². The van der Waals surface area contributed by atoms with E-state index in [0.29, 0.717) is 18.0 Å². The molecule has 0 fully saturated rings. The van der Waals surface area contributed by atoms with E-state index in [1.807, 2.05) is 6.07 Å². The fourth-order valence-corrected chi connectivity index (χ4v) is 1.89. The van der Waals surface area contributed by atoms with Crippen LogP contribution < -0.4 is 10.1 Å². The van der Waals surface area contributed by atoms with E-state index in [0.717, 1.165) is 10.2 Å². The second kappa shape index (κ2) is 5.82. The Morgan fingerprint density at radius 1 is 1.33 bits per heavy atom. The van der Waals surface area contributed by atoms with Crippen molar-refractivity contribution in [3.63, 3.8) is 0 Å². The van der Waals surface area contributed by atoms with Crippen molar-refractivity contribution in [3.05, 3.63) is 52.4 Å². The topological polar surface area (TPSA) is 34.1 Å². The second-order valence-electron chi connectivity index (χ2n) is 3.68. The monoisotopic (exact) mass is 310 g/mol. The normalized spacial score (nSPS) is 10.2. The van der Waals surface area contributed by atoms with E-state index in [2.05, 4.69) is 26.2 Å². The zero-order valence-corrected chi connectivity index (χ0v) is 11.4. The van der Waals surface area contributed by atoms with Gasteiger partial charge in [0.2, 0.25) is 5.88 Å². The highest BCUT2D eigenvalue weighted by Gasteiger charge is 2.03. The molecule has 1 N–H and O–H groups in total. The number of halogens is 2. The van der Waals surface area contributed by atoms with Crippen LogP contribution in [0.3, 0.4) is 0 Å². The number of hydrogen-bond donors (Lipinski definition) is 1. The van der Waals surface area contributed by atoms with Crippen LogP contribution in [0.5, 0.6) is 5.88 Å². The SMILES string of the molecule is COc1ccc(NCc2cc(Br)ccc2F)cn1. The van der Waals surface area contributed by atoms with Crippen molar-refractivity contribution >= 4 is 21.6 Å². The summed E-state index contributed by atoms with van der Waals surface area (Å²) in [4.78, 5) is 4.06. The van der Waals surface area contributed by atoms with E-state index in [9.17, 15) is 4.39 Å². The number of nitrogens with zero attached hydrogens (tertiary/aromatic N) is 1. The summed E-state index contributed by atoms with van der Waals surface area (Å²) in [6, 6.07) is 8.45.